The van der Waals surface area contributed by atoms with Gasteiger partial charge in [0.15, 0.2) is 0 Å². The van der Waals surface area contributed by atoms with E-state index in [0.29, 0.717) is 0 Å². The molecule has 0 radical (unpaired) electrons. The quantitative estimate of drug-likeness (QED) is 0.0872. The zero-order valence-electron chi connectivity index (χ0n) is 31.9. The molecule has 0 heteroatoms. The largest absolute Gasteiger partial charge is 0.0990 e. The van der Waals surface area contributed by atoms with Crippen molar-refractivity contribution in [2.45, 2.75) is 6.92 Å². The second-order valence-corrected chi connectivity index (χ2v) is 14.7. The molecule has 0 bridgehead atoms. The van der Waals surface area contributed by atoms with Gasteiger partial charge in [0, 0.05) is 0 Å². The molecule has 0 atom stereocenters. The Kier molecular flexibility index (Phi) is 8.66. The van der Waals surface area contributed by atoms with Crippen LogP contribution in [0.5, 0.6) is 0 Å². The van der Waals surface area contributed by atoms with Crippen molar-refractivity contribution in [2.24, 2.45) is 0 Å². The van der Waals surface area contributed by atoms with Gasteiger partial charge in [-0.2, -0.15) is 0 Å². The molecule has 0 aliphatic carbocycles. The van der Waals surface area contributed by atoms with Crippen LogP contribution in [0.2, 0.25) is 0 Å². The van der Waals surface area contributed by atoms with Gasteiger partial charge >= 0.3 is 0 Å². The summed E-state index contributed by atoms with van der Waals surface area (Å²) >= 11 is 0. The van der Waals surface area contributed by atoms with Crippen LogP contribution in [0.3, 0.4) is 0 Å². The van der Waals surface area contributed by atoms with Crippen molar-refractivity contribution < 1.29 is 0 Å². The molecule has 0 fully saturated rings. The fourth-order valence-corrected chi connectivity index (χ4v) is 9.13. The zero-order valence-corrected chi connectivity index (χ0v) is 31.9. The van der Waals surface area contributed by atoms with Gasteiger partial charge in [-0.3, -0.25) is 0 Å². The minimum Gasteiger partial charge on any atom is -0.0990 e. The van der Waals surface area contributed by atoms with E-state index >= 15 is 0 Å². The first-order chi connectivity index (χ1) is 28.2. The Morgan fingerprint density at radius 2 is 0.807 bits per heavy atom. The number of rotatable bonds is 7. The fraction of sp³-hybridized carbons (Fsp3) is 0.0175. The van der Waals surface area contributed by atoms with E-state index in [1.807, 2.05) is 6.08 Å². The summed E-state index contributed by atoms with van der Waals surface area (Å²) in [6.45, 7) is 6.36. The lowest BCUT2D eigenvalue weighted by Crippen LogP contribution is -1.97. The van der Waals surface area contributed by atoms with E-state index in [-0.39, 0.29) is 0 Å². The number of hydrogen-bond acceptors (Lipinski definition) is 0. The second-order valence-electron chi connectivity index (χ2n) is 14.7. The van der Waals surface area contributed by atoms with E-state index in [4.69, 9.17) is 0 Å². The third-order valence-electron chi connectivity index (χ3n) is 11.6. The van der Waals surface area contributed by atoms with E-state index < -0.39 is 0 Å². The Labute approximate surface area is 334 Å². The highest BCUT2D eigenvalue weighted by Crippen LogP contribution is 2.48. The average molecular weight is 725 g/mol. The molecule has 0 N–H and O–H groups in total. The third-order valence-corrected chi connectivity index (χ3v) is 11.6. The standard InChI is InChI=1S/C57H40/c1-3-19-43(42(4-2)38-20-7-5-8-21-38)49-35-33-41(40-32-34-48-46-26-12-11-24-44(46)45-25-13-14-27-47(45)54(48)36-40)37-55(49)57-52-30-17-15-28-50(52)56(39-22-9-6-10-23-39)51-29-16-18-31-53(51)57/h3-37H,1H2,2H3/b42-4-,43-19+. The lowest BCUT2D eigenvalue weighted by molar-refractivity contribution is 1.55. The molecule has 10 rings (SSSR count). The highest BCUT2D eigenvalue weighted by atomic mass is 14.2. The van der Waals surface area contributed by atoms with Crippen LogP contribution in [0.25, 0.3) is 98.4 Å². The summed E-state index contributed by atoms with van der Waals surface area (Å²) in [7, 11) is 0. The van der Waals surface area contributed by atoms with Gasteiger partial charge in [0.05, 0.1) is 0 Å². The average Bonchev–Trinajstić information content (AvgIpc) is 3.28. The van der Waals surface area contributed by atoms with E-state index in [1.54, 1.807) is 0 Å². The van der Waals surface area contributed by atoms with Gasteiger partial charge in [-0.15, -0.1) is 0 Å². The molecular weight excluding hydrogens is 685 g/mol. The van der Waals surface area contributed by atoms with Crippen LogP contribution in [0, 0.1) is 0 Å². The first-order valence-corrected chi connectivity index (χ1v) is 19.8. The monoisotopic (exact) mass is 724 g/mol. The summed E-state index contributed by atoms with van der Waals surface area (Å²) in [5.74, 6) is 0. The Morgan fingerprint density at radius 1 is 0.368 bits per heavy atom. The predicted molar refractivity (Wildman–Crippen MR) is 249 cm³/mol. The van der Waals surface area contributed by atoms with E-state index in [9.17, 15) is 0 Å². The van der Waals surface area contributed by atoms with Crippen LogP contribution in [-0.4, -0.2) is 0 Å². The first kappa shape index (κ1) is 34.2. The molecule has 0 spiro atoms. The smallest absolute Gasteiger partial charge is 0.00199 e. The van der Waals surface area contributed by atoms with Gasteiger partial charge in [0.2, 0.25) is 0 Å². The molecule has 0 aliphatic heterocycles. The SMILES string of the molecule is C=C/C=C(\C(=C/C)c1ccccc1)c1ccc(-c2ccc3c4ccccc4c4ccccc4c3c2)cc1-c1c2ccccc2c(-c2ccccc2)c2ccccc12. The van der Waals surface area contributed by atoms with Crippen molar-refractivity contribution in [1.29, 1.82) is 0 Å². The molecule has 0 unspecified atom stereocenters. The van der Waals surface area contributed by atoms with Crippen molar-refractivity contribution in [3.8, 4) is 33.4 Å². The molecule has 57 heavy (non-hydrogen) atoms. The number of hydrogen-bond donors (Lipinski definition) is 0. The molecule has 0 nitrogen and oxygen atoms in total. The molecule has 0 aliphatic rings. The zero-order chi connectivity index (χ0) is 38.3. The van der Waals surface area contributed by atoms with Gasteiger partial charge in [-0.05, 0) is 129 Å². The number of fused-ring (bicyclic) bond motifs is 8. The summed E-state index contributed by atoms with van der Waals surface area (Å²) in [4.78, 5) is 0. The summed E-state index contributed by atoms with van der Waals surface area (Å²) in [5.41, 5.74) is 11.9. The van der Waals surface area contributed by atoms with E-state index in [2.05, 4.69) is 220 Å². The second kappa shape index (κ2) is 14.4. The van der Waals surface area contributed by atoms with Gasteiger partial charge < -0.3 is 0 Å². The lowest BCUT2D eigenvalue weighted by Gasteiger charge is -2.22. The maximum absolute atomic E-state index is 4.22. The minimum absolute atomic E-state index is 1.14. The summed E-state index contributed by atoms with van der Waals surface area (Å²) in [6, 6.07) is 71.2. The highest BCUT2D eigenvalue weighted by molar-refractivity contribution is 6.26. The molecular formula is C57H40. The van der Waals surface area contributed by atoms with Gasteiger partial charge in [-0.1, -0.05) is 207 Å². The van der Waals surface area contributed by atoms with Gasteiger partial charge in [0.1, 0.15) is 0 Å². The molecule has 10 aromatic rings. The molecule has 0 saturated heterocycles. The summed E-state index contributed by atoms with van der Waals surface area (Å²) in [5, 5.41) is 12.6. The van der Waals surface area contributed by atoms with Crippen molar-refractivity contribution in [1.82, 2.24) is 0 Å². The summed E-state index contributed by atoms with van der Waals surface area (Å²) < 4.78 is 0. The van der Waals surface area contributed by atoms with Crippen molar-refractivity contribution in [3.05, 3.63) is 230 Å². The Balaban J connectivity index is 1.30. The third kappa shape index (κ3) is 5.77. The molecule has 268 valence electrons. The normalized spacial score (nSPS) is 12.2. The molecule has 0 amide bonds. The molecule has 0 saturated carbocycles. The number of allylic oxidation sites excluding steroid dienone is 5. The minimum atomic E-state index is 1.14. The Morgan fingerprint density at radius 3 is 1.35 bits per heavy atom. The van der Waals surface area contributed by atoms with Crippen molar-refractivity contribution >= 4 is 65.0 Å². The molecule has 10 aromatic carbocycles. The Bertz CT molecular complexity index is 3140. The van der Waals surface area contributed by atoms with Crippen LogP contribution < -0.4 is 0 Å². The van der Waals surface area contributed by atoms with Gasteiger partial charge in [0.25, 0.3) is 0 Å². The fourth-order valence-electron chi connectivity index (χ4n) is 9.13. The highest BCUT2D eigenvalue weighted by Gasteiger charge is 2.22. The van der Waals surface area contributed by atoms with Gasteiger partial charge in [-0.25, -0.2) is 0 Å². The number of benzene rings is 10. The van der Waals surface area contributed by atoms with Crippen molar-refractivity contribution in [2.75, 3.05) is 0 Å². The lowest BCUT2D eigenvalue weighted by atomic mass is 9.81. The maximum atomic E-state index is 4.22. The summed E-state index contributed by atoms with van der Waals surface area (Å²) in [6.07, 6.45) is 6.33. The first-order valence-electron chi connectivity index (χ1n) is 19.8. The predicted octanol–water partition coefficient (Wildman–Crippen LogP) is 16.1. The van der Waals surface area contributed by atoms with Crippen molar-refractivity contribution in [3.63, 3.8) is 0 Å². The van der Waals surface area contributed by atoms with E-state index in [0.717, 1.165) is 11.1 Å². The van der Waals surface area contributed by atoms with Crippen LogP contribution in [-0.2, 0) is 0 Å². The van der Waals surface area contributed by atoms with Crippen LogP contribution in [0.4, 0.5) is 0 Å². The Hall–Kier alpha value is -7.28. The van der Waals surface area contributed by atoms with Crippen LogP contribution >= 0.6 is 0 Å². The van der Waals surface area contributed by atoms with Crippen LogP contribution in [0.1, 0.15) is 18.1 Å². The molecule has 0 heterocycles. The molecule has 0 aromatic heterocycles. The van der Waals surface area contributed by atoms with Crippen LogP contribution in [0.15, 0.2) is 219 Å². The van der Waals surface area contributed by atoms with E-state index in [1.165, 1.54) is 98.4 Å². The topological polar surface area (TPSA) is 0 Å². The maximum Gasteiger partial charge on any atom is -0.00199 e.